The molecule has 0 atom stereocenters. The maximum Gasteiger partial charge on any atom is 0.335 e. The van der Waals surface area contributed by atoms with Gasteiger partial charge in [-0.05, 0) is 57.8 Å². The molecule has 5 nitrogen and oxygen atoms in total. The van der Waals surface area contributed by atoms with Crippen LogP contribution in [0.3, 0.4) is 0 Å². The van der Waals surface area contributed by atoms with Crippen molar-refractivity contribution >= 4 is 51.2 Å². The molecule has 1 aliphatic rings. The van der Waals surface area contributed by atoms with Gasteiger partial charge in [0.05, 0.1) is 5.69 Å². The van der Waals surface area contributed by atoms with Gasteiger partial charge in [0.2, 0.25) is 0 Å². The highest BCUT2D eigenvalue weighted by Gasteiger charge is 2.37. The van der Waals surface area contributed by atoms with E-state index in [0.717, 1.165) is 37.6 Å². The Morgan fingerprint density at radius 1 is 0.774 bits per heavy atom. The van der Waals surface area contributed by atoms with Crippen molar-refractivity contribution in [3.8, 4) is 0 Å². The van der Waals surface area contributed by atoms with Crippen LogP contribution >= 0.6 is 0 Å². The van der Waals surface area contributed by atoms with E-state index in [4.69, 9.17) is 0 Å². The molecule has 1 heterocycles. The van der Waals surface area contributed by atoms with Gasteiger partial charge in [-0.1, -0.05) is 66.7 Å². The Hall–Kier alpha value is -4.25. The maximum atomic E-state index is 13.4. The number of carbonyl (C=O) groups excluding carboxylic acids is 3. The highest BCUT2D eigenvalue weighted by molar-refractivity contribution is 6.39. The standard InChI is InChI=1S/C26H18N2O3/c1-16-8-2-7-13-23(16)28-25(30)22(24(29)27-26(28)31)15-21-19-11-5-3-9-17(19)14-18-10-4-6-12-20(18)21/h2-15H,1H3,(H,27,29,31). The number of barbiturate groups is 1. The summed E-state index contributed by atoms with van der Waals surface area (Å²) in [7, 11) is 0. The lowest BCUT2D eigenvalue weighted by Crippen LogP contribution is -2.54. The molecule has 5 heteroatoms. The van der Waals surface area contributed by atoms with E-state index in [2.05, 4.69) is 11.4 Å². The minimum absolute atomic E-state index is 0.0793. The number of anilines is 1. The van der Waals surface area contributed by atoms with Crippen molar-refractivity contribution in [2.75, 3.05) is 4.90 Å². The van der Waals surface area contributed by atoms with Gasteiger partial charge in [0.1, 0.15) is 5.57 Å². The topological polar surface area (TPSA) is 66.5 Å². The largest absolute Gasteiger partial charge is 0.335 e. The van der Waals surface area contributed by atoms with Crippen molar-refractivity contribution in [2.45, 2.75) is 6.92 Å². The third-order valence-electron chi connectivity index (χ3n) is 5.56. The van der Waals surface area contributed by atoms with E-state index in [1.165, 1.54) is 0 Å². The molecule has 0 spiro atoms. The van der Waals surface area contributed by atoms with E-state index < -0.39 is 17.8 Å². The fraction of sp³-hybridized carbons (Fsp3) is 0.0385. The Morgan fingerprint density at radius 2 is 1.35 bits per heavy atom. The zero-order valence-electron chi connectivity index (χ0n) is 16.8. The van der Waals surface area contributed by atoms with Crippen molar-refractivity contribution < 1.29 is 14.4 Å². The van der Waals surface area contributed by atoms with Crippen LogP contribution < -0.4 is 10.2 Å². The number of benzene rings is 4. The van der Waals surface area contributed by atoms with Gasteiger partial charge in [-0.15, -0.1) is 0 Å². The van der Waals surface area contributed by atoms with Crippen LogP contribution in [0.15, 0.2) is 84.4 Å². The normalized spacial score (nSPS) is 15.7. The van der Waals surface area contributed by atoms with Crippen LogP contribution in [0.5, 0.6) is 0 Å². The summed E-state index contributed by atoms with van der Waals surface area (Å²) < 4.78 is 0. The molecule has 31 heavy (non-hydrogen) atoms. The van der Waals surface area contributed by atoms with Gasteiger partial charge >= 0.3 is 6.03 Å². The Morgan fingerprint density at radius 3 is 2.00 bits per heavy atom. The molecule has 0 aliphatic carbocycles. The molecule has 0 saturated carbocycles. The van der Waals surface area contributed by atoms with Crippen LogP contribution in [-0.4, -0.2) is 17.8 Å². The van der Waals surface area contributed by atoms with E-state index >= 15 is 0 Å². The first-order valence-corrected chi connectivity index (χ1v) is 9.92. The van der Waals surface area contributed by atoms with Crippen LogP contribution in [0.4, 0.5) is 10.5 Å². The highest BCUT2D eigenvalue weighted by atomic mass is 16.2. The van der Waals surface area contributed by atoms with E-state index in [1.807, 2.05) is 67.6 Å². The second-order valence-electron chi connectivity index (χ2n) is 7.48. The van der Waals surface area contributed by atoms with E-state index in [9.17, 15) is 14.4 Å². The highest BCUT2D eigenvalue weighted by Crippen LogP contribution is 2.32. The first kappa shape index (κ1) is 18.8. The van der Waals surface area contributed by atoms with Gasteiger partial charge in [0.15, 0.2) is 0 Å². The van der Waals surface area contributed by atoms with Crippen LogP contribution in [0.2, 0.25) is 0 Å². The minimum atomic E-state index is -0.746. The number of carbonyl (C=O) groups is 3. The first-order valence-electron chi connectivity index (χ1n) is 9.92. The monoisotopic (exact) mass is 406 g/mol. The number of amides is 4. The average molecular weight is 406 g/mol. The second kappa shape index (κ2) is 7.22. The lowest BCUT2D eigenvalue weighted by molar-refractivity contribution is -0.122. The minimum Gasteiger partial charge on any atom is -0.273 e. The summed E-state index contributed by atoms with van der Waals surface area (Å²) in [6, 6.07) is 24.1. The molecule has 0 unspecified atom stereocenters. The summed E-state index contributed by atoms with van der Waals surface area (Å²) in [6.45, 7) is 1.81. The summed E-state index contributed by atoms with van der Waals surface area (Å²) in [5.74, 6) is -1.34. The Kier molecular flexibility index (Phi) is 4.37. The Labute approximate surface area is 178 Å². The number of imide groups is 2. The lowest BCUT2D eigenvalue weighted by Gasteiger charge is -2.27. The molecule has 4 aromatic carbocycles. The third kappa shape index (κ3) is 3.07. The molecule has 0 aromatic heterocycles. The summed E-state index contributed by atoms with van der Waals surface area (Å²) >= 11 is 0. The SMILES string of the molecule is Cc1ccccc1N1C(=O)NC(=O)C(=Cc2c3ccccc3cc3ccccc23)C1=O. The lowest BCUT2D eigenvalue weighted by atomic mass is 9.94. The number of hydrogen-bond donors (Lipinski definition) is 1. The van der Waals surface area contributed by atoms with Crippen molar-refractivity contribution in [3.05, 3.63) is 95.6 Å². The van der Waals surface area contributed by atoms with Gasteiger partial charge in [-0.25, -0.2) is 9.69 Å². The number of nitrogens with one attached hydrogen (secondary N) is 1. The van der Waals surface area contributed by atoms with Gasteiger partial charge in [-0.2, -0.15) is 0 Å². The molecule has 1 saturated heterocycles. The summed E-state index contributed by atoms with van der Waals surface area (Å²) in [5, 5.41) is 6.17. The first-order chi connectivity index (χ1) is 15.0. The van der Waals surface area contributed by atoms with Gasteiger partial charge in [0.25, 0.3) is 11.8 Å². The number of hydrogen-bond acceptors (Lipinski definition) is 3. The van der Waals surface area contributed by atoms with Crippen LogP contribution in [0.1, 0.15) is 11.1 Å². The molecule has 5 rings (SSSR count). The van der Waals surface area contributed by atoms with E-state index in [1.54, 1.807) is 18.2 Å². The number of rotatable bonds is 2. The van der Waals surface area contributed by atoms with Crippen LogP contribution in [0.25, 0.3) is 27.6 Å². The van der Waals surface area contributed by atoms with E-state index in [-0.39, 0.29) is 5.57 Å². The molecule has 4 aromatic rings. The molecule has 1 N–H and O–H groups in total. The average Bonchev–Trinajstić information content (AvgIpc) is 2.77. The van der Waals surface area contributed by atoms with Crippen molar-refractivity contribution in [1.29, 1.82) is 0 Å². The van der Waals surface area contributed by atoms with Gasteiger partial charge < -0.3 is 0 Å². The third-order valence-corrected chi connectivity index (χ3v) is 5.56. The zero-order valence-corrected chi connectivity index (χ0v) is 16.8. The van der Waals surface area contributed by atoms with Gasteiger partial charge in [0, 0.05) is 0 Å². The Balaban J connectivity index is 1.74. The Bertz CT molecular complexity index is 1380. The molecule has 150 valence electrons. The van der Waals surface area contributed by atoms with E-state index in [0.29, 0.717) is 5.69 Å². The quantitative estimate of drug-likeness (QED) is 0.290. The van der Waals surface area contributed by atoms with Crippen LogP contribution in [0, 0.1) is 6.92 Å². The number of fused-ring (bicyclic) bond motifs is 2. The molecule has 0 radical (unpaired) electrons. The number of nitrogens with zero attached hydrogens (tertiary/aromatic N) is 1. The van der Waals surface area contributed by atoms with Crippen molar-refractivity contribution in [1.82, 2.24) is 5.32 Å². The predicted octanol–water partition coefficient (Wildman–Crippen LogP) is 4.97. The molecule has 0 bridgehead atoms. The summed E-state index contributed by atoms with van der Waals surface area (Å²) in [5.41, 5.74) is 1.90. The number of para-hydroxylation sites is 1. The molecular formula is C26H18N2O3. The van der Waals surface area contributed by atoms with Gasteiger partial charge in [-0.3, -0.25) is 14.9 Å². The molecule has 4 amide bonds. The molecule has 1 aliphatic heterocycles. The fourth-order valence-electron chi connectivity index (χ4n) is 4.04. The molecule has 1 fully saturated rings. The second-order valence-corrected chi connectivity index (χ2v) is 7.48. The summed E-state index contributed by atoms with van der Waals surface area (Å²) in [6.07, 6.45) is 1.60. The number of aryl methyl sites for hydroxylation is 1. The summed E-state index contributed by atoms with van der Waals surface area (Å²) in [4.78, 5) is 39.6. The molecular weight excluding hydrogens is 388 g/mol. The van der Waals surface area contributed by atoms with Crippen molar-refractivity contribution in [2.24, 2.45) is 0 Å². The predicted molar refractivity (Wildman–Crippen MR) is 122 cm³/mol. The van der Waals surface area contributed by atoms with Crippen LogP contribution in [-0.2, 0) is 9.59 Å². The fourth-order valence-corrected chi connectivity index (χ4v) is 4.04. The number of urea groups is 1. The van der Waals surface area contributed by atoms with Crippen molar-refractivity contribution in [3.63, 3.8) is 0 Å². The smallest absolute Gasteiger partial charge is 0.273 e. The maximum absolute atomic E-state index is 13.4. The zero-order chi connectivity index (χ0) is 21.5.